The van der Waals surface area contributed by atoms with Crippen LogP contribution in [0.1, 0.15) is 34.7 Å². The molecule has 0 aliphatic carbocycles. The number of rotatable bonds is 2. The number of halogens is 2. The summed E-state index contributed by atoms with van der Waals surface area (Å²) in [5, 5.41) is 3.29. The number of hydrogen-bond donors (Lipinski definition) is 1. The Balaban J connectivity index is 0.00000180. The molecule has 1 N–H and O–H groups in total. The van der Waals surface area contributed by atoms with Crippen molar-refractivity contribution >= 4 is 18.3 Å². The molecule has 106 valence electrons. The van der Waals surface area contributed by atoms with Crippen molar-refractivity contribution in [2.24, 2.45) is 0 Å². The van der Waals surface area contributed by atoms with E-state index in [2.05, 4.69) is 5.32 Å². The first-order valence-corrected chi connectivity index (χ1v) is 6.31. The fraction of sp³-hybridized carbons (Fsp3) is 0.500. The Hall–Kier alpha value is -1.13. The van der Waals surface area contributed by atoms with Crippen LogP contribution < -0.4 is 5.32 Å². The van der Waals surface area contributed by atoms with Crippen molar-refractivity contribution in [3.05, 3.63) is 35.1 Å². The zero-order valence-electron chi connectivity index (χ0n) is 11.3. The van der Waals surface area contributed by atoms with Gasteiger partial charge in [-0.25, -0.2) is 4.39 Å². The maximum absolute atomic E-state index is 13.6. The third-order valence-electron chi connectivity index (χ3n) is 3.38. The van der Waals surface area contributed by atoms with E-state index in [0.29, 0.717) is 11.5 Å². The third-order valence-corrected chi connectivity index (χ3v) is 3.38. The summed E-state index contributed by atoms with van der Waals surface area (Å²) in [7, 11) is 3.36. The van der Waals surface area contributed by atoms with Gasteiger partial charge in [0.1, 0.15) is 5.82 Å². The number of carbonyl (C=O) groups is 1. The predicted octanol–water partition coefficient (Wildman–Crippen LogP) is 2.42. The molecule has 0 atom stereocenters. The van der Waals surface area contributed by atoms with Crippen molar-refractivity contribution in [3.8, 4) is 0 Å². The van der Waals surface area contributed by atoms with Gasteiger partial charge in [-0.15, -0.1) is 12.4 Å². The van der Waals surface area contributed by atoms with Gasteiger partial charge < -0.3 is 10.2 Å². The summed E-state index contributed by atoms with van der Waals surface area (Å²) in [6.45, 7) is 1.91. The summed E-state index contributed by atoms with van der Waals surface area (Å²) in [5.41, 5.74) is 1.38. The second-order valence-electron chi connectivity index (χ2n) is 5.00. The molecule has 1 fully saturated rings. The molecule has 1 aliphatic heterocycles. The second-order valence-corrected chi connectivity index (χ2v) is 5.00. The highest BCUT2D eigenvalue weighted by Crippen LogP contribution is 2.26. The van der Waals surface area contributed by atoms with Gasteiger partial charge in [-0.1, -0.05) is 0 Å². The van der Waals surface area contributed by atoms with Gasteiger partial charge in [0.15, 0.2) is 0 Å². The van der Waals surface area contributed by atoms with Crippen molar-refractivity contribution in [1.82, 2.24) is 10.2 Å². The summed E-state index contributed by atoms with van der Waals surface area (Å²) >= 11 is 0. The van der Waals surface area contributed by atoms with Crippen LogP contribution in [0.2, 0.25) is 0 Å². The zero-order chi connectivity index (χ0) is 13.1. The van der Waals surface area contributed by atoms with E-state index in [-0.39, 0.29) is 24.1 Å². The summed E-state index contributed by atoms with van der Waals surface area (Å²) in [6.07, 6.45) is 2.00. The van der Waals surface area contributed by atoms with E-state index in [4.69, 9.17) is 0 Å². The highest BCUT2D eigenvalue weighted by atomic mass is 35.5. The molecular weight excluding hydrogens is 267 g/mol. The normalized spacial score (nSPS) is 15.7. The van der Waals surface area contributed by atoms with E-state index < -0.39 is 0 Å². The van der Waals surface area contributed by atoms with Gasteiger partial charge >= 0.3 is 0 Å². The number of carbonyl (C=O) groups excluding carboxylic acids is 1. The molecule has 0 radical (unpaired) electrons. The van der Waals surface area contributed by atoms with Crippen molar-refractivity contribution < 1.29 is 9.18 Å². The maximum atomic E-state index is 13.6. The SMILES string of the molecule is CN(C)C(=O)c1cc(F)cc(C2CCNCC2)c1.Cl. The quantitative estimate of drug-likeness (QED) is 0.905. The summed E-state index contributed by atoms with van der Waals surface area (Å²) < 4.78 is 13.6. The molecule has 1 saturated heterocycles. The van der Waals surface area contributed by atoms with E-state index in [1.807, 2.05) is 6.07 Å². The third kappa shape index (κ3) is 3.91. The molecule has 5 heteroatoms. The predicted molar refractivity (Wildman–Crippen MR) is 76.5 cm³/mol. The molecular formula is C14H20ClFN2O. The number of nitrogens with zero attached hydrogens (tertiary/aromatic N) is 1. The fourth-order valence-corrected chi connectivity index (χ4v) is 2.38. The Bertz CT molecular complexity index is 445. The first-order valence-electron chi connectivity index (χ1n) is 6.31. The molecule has 1 aromatic rings. The summed E-state index contributed by atoms with van der Waals surface area (Å²) in [5.74, 6) is -0.114. The van der Waals surface area contributed by atoms with Crippen molar-refractivity contribution in [3.63, 3.8) is 0 Å². The van der Waals surface area contributed by atoms with Crippen LogP contribution in [0.5, 0.6) is 0 Å². The molecule has 0 saturated carbocycles. The van der Waals surface area contributed by atoms with Crippen molar-refractivity contribution in [1.29, 1.82) is 0 Å². The van der Waals surface area contributed by atoms with Crippen LogP contribution in [0.4, 0.5) is 4.39 Å². The Kier molecular flexibility index (Phi) is 5.76. The lowest BCUT2D eigenvalue weighted by atomic mass is 9.89. The molecule has 0 aromatic heterocycles. The monoisotopic (exact) mass is 286 g/mol. The zero-order valence-corrected chi connectivity index (χ0v) is 12.1. The maximum Gasteiger partial charge on any atom is 0.253 e. The lowest BCUT2D eigenvalue weighted by molar-refractivity contribution is 0.0827. The van der Waals surface area contributed by atoms with E-state index in [9.17, 15) is 9.18 Å². The Labute approximate surface area is 119 Å². The minimum atomic E-state index is -0.323. The number of hydrogen-bond acceptors (Lipinski definition) is 2. The Morgan fingerprint density at radius 1 is 1.26 bits per heavy atom. The van der Waals surface area contributed by atoms with Gasteiger partial charge in [-0.2, -0.15) is 0 Å². The molecule has 1 aliphatic rings. The minimum absolute atomic E-state index is 0. The van der Waals surface area contributed by atoms with Crippen LogP contribution in [0, 0.1) is 5.82 Å². The van der Waals surface area contributed by atoms with E-state index in [0.717, 1.165) is 31.5 Å². The first kappa shape index (κ1) is 15.9. The van der Waals surface area contributed by atoms with Crippen LogP contribution in [-0.2, 0) is 0 Å². The summed E-state index contributed by atoms with van der Waals surface area (Å²) in [6, 6.07) is 4.71. The highest BCUT2D eigenvalue weighted by molar-refractivity contribution is 5.94. The van der Waals surface area contributed by atoms with Gasteiger partial charge in [0.05, 0.1) is 0 Å². The molecule has 1 heterocycles. The van der Waals surface area contributed by atoms with Crippen LogP contribution >= 0.6 is 12.4 Å². The number of nitrogens with one attached hydrogen (secondary N) is 1. The topological polar surface area (TPSA) is 32.3 Å². The van der Waals surface area contributed by atoms with Crippen molar-refractivity contribution in [2.45, 2.75) is 18.8 Å². The van der Waals surface area contributed by atoms with Gasteiger partial charge in [0, 0.05) is 19.7 Å². The highest BCUT2D eigenvalue weighted by Gasteiger charge is 2.18. The molecule has 19 heavy (non-hydrogen) atoms. The molecule has 1 amide bonds. The Morgan fingerprint density at radius 3 is 2.47 bits per heavy atom. The van der Waals surface area contributed by atoms with Gasteiger partial charge in [-0.05, 0) is 55.6 Å². The molecule has 1 aromatic carbocycles. The average Bonchev–Trinajstić information content (AvgIpc) is 2.38. The van der Waals surface area contributed by atoms with Crippen LogP contribution in [0.3, 0.4) is 0 Å². The molecule has 0 bridgehead atoms. The molecule has 2 rings (SSSR count). The Morgan fingerprint density at radius 2 is 1.89 bits per heavy atom. The lowest BCUT2D eigenvalue weighted by Gasteiger charge is -2.23. The average molecular weight is 287 g/mol. The number of benzene rings is 1. The smallest absolute Gasteiger partial charge is 0.253 e. The van der Waals surface area contributed by atoms with E-state index in [1.54, 1.807) is 20.2 Å². The van der Waals surface area contributed by atoms with Gasteiger partial charge in [0.25, 0.3) is 5.91 Å². The number of amides is 1. The van der Waals surface area contributed by atoms with Crippen LogP contribution in [0.25, 0.3) is 0 Å². The van der Waals surface area contributed by atoms with Crippen LogP contribution in [-0.4, -0.2) is 38.0 Å². The van der Waals surface area contributed by atoms with Crippen LogP contribution in [0.15, 0.2) is 18.2 Å². The fourth-order valence-electron chi connectivity index (χ4n) is 2.38. The molecule has 0 unspecified atom stereocenters. The van der Waals surface area contributed by atoms with Gasteiger partial charge in [-0.3, -0.25) is 4.79 Å². The molecule has 0 spiro atoms. The van der Waals surface area contributed by atoms with Crippen molar-refractivity contribution in [2.75, 3.05) is 27.2 Å². The van der Waals surface area contributed by atoms with E-state index in [1.165, 1.54) is 11.0 Å². The standard InChI is InChI=1S/C14H19FN2O.ClH/c1-17(2)14(18)12-7-11(8-13(15)9-12)10-3-5-16-6-4-10;/h7-10,16H,3-6H2,1-2H3;1H. The lowest BCUT2D eigenvalue weighted by Crippen LogP contribution is -2.27. The molecule has 3 nitrogen and oxygen atoms in total. The second kappa shape index (κ2) is 6.87. The summed E-state index contributed by atoms with van der Waals surface area (Å²) in [4.78, 5) is 13.4. The number of piperidine rings is 1. The largest absolute Gasteiger partial charge is 0.345 e. The van der Waals surface area contributed by atoms with Gasteiger partial charge in [0.2, 0.25) is 0 Å². The van der Waals surface area contributed by atoms with E-state index >= 15 is 0 Å². The minimum Gasteiger partial charge on any atom is -0.345 e. The first-order chi connectivity index (χ1) is 8.58.